The van der Waals surface area contributed by atoms with Gasteiger partial charge in [0.15, 0.2) is 5.75 Å². The van der Waals surface area contributed by atoms with Gasteiger partial charge in [-0.05, 0) is 0 Å². The van der Waals surface area contributed by atoms with Gasteiger partial charge in [-0.15, -0.1) is 0 Å². The van der Waals surface area contributed by atoms with Crippen LogP contribution in [0.3, 0.4) is 0 Å². The van der Waals surface area contributed by atoms with E-state index in [-0.39, 0.29) is 11.4 Å². The molecule has 0 saturated carbocycles. The fraction of sp³-hybridized carbons (Fsp3) is 0.125. The lowest BCUT2D eigenvalue weighted by molar-refractivity contribution is -0.114. The van der Waals surface area contributed by atoms with Crippen molar-refractivity contribution in [2.45, 2.75) is 0 Å². The summed E-state index contributed by atoms with van der Waals surface area (Å²) in [6.45, 7) is 0. The first kappa shape index (κ1) is 9.97. The Labute approximate surface area is 79.1 Å². The molecule has 1 aromatic rings. The predicted molar refractivity (Wildman–Crippen MR) is 49.6 cm³/mol. The van der Waals surface area contributed by atoms with Gasteiger partial charge in [-0.2, -0.15) is 0 Å². The Kier molecular flexibility index (Phi) is 2.66. The van der Waals surface area contributed by atoms with E-state index in [1.54, 1.807) is 0 Å². The Morgan fingerprint density at radius 3 is 2.79 bits per heavy atom. The van der Waals surface area contributed by atoms with Crippen molar-refractivity contribution in [3.63, 3.8) is 0 Å². The number of pyridine rings is 1. The SMILES string of the molecule is CNC(=O)C(=N)c1cc(=O)c(O)c[nH]1. The summed E-state index contributed by atoms with van der Waals surface area (Å²) in [4.78, 5) is 24.4. The fourth-order valence-electron chi connectivity index (χ4n) is 0.856. The van der Waals surface area contributed by atoms with Crippen LogP contribution >= 0.6 is 0 Å². The van der Waals surface area contributed by atoms with E-state index in [0.717, 1.165) is 12.3 Å². The molecule has 0 aliphatic carbocycles. The topological polar surface area (TPSA) is 106 Å². The number of aromatic hydroxyl groups is 1. The van der Waals surface area contributed by atoms with Crippen LogP contribution in [0.2, 0.25) is 0 Å². The summed E-state index contributed by atoms with van der Waals surface area (Å²) in [5, 5.41) is 18.5. The highest BCUT2D eigenvalue weighted by Crippen LogP contribution is 1.99. The van der Waals surface area contributed by atoms with Crippen LogP contribution in [0.4, 0.5) is 0 Å². The highest BCUT2D eigenvalue weighted by atomic mass is 16.3. The van der Waals surface area contributed by atoms with E-state index in [0.29, 0.717) is 0 Å². The number of carbonyl (C=O) groups excluding carboxylic acids is 1. The van der Waals surface area contributed by atoms with Crippen molar-refractivity contribution in [2.75, 3.05) is 7.05 Å². The lowest BCUT2D eigenvalue weighted by atomic mass is 10.2. The van der Waals surface area contributed by atoms with E-state index in [1.807, 2.05) is 0 Å². The van der Waals surface area contributed by atoms with Crippen LogP contribution in [-0.4, -0.2) is 28.8 Å². The van der Waals surface area contributed by atoms with Gasteiger partial charge in [0.1, 0.15) is 5.71 Å². The van der Waals surface area contributed by atoms with Crippen molar-refractivity contribution in [2.24, 2.45) is 0 Å². The van der Waals surface area contributed by atoms with Crippen molar-refractivity contribution in [1.82, 2.24) is 10.3 Å². The van der Waals surface area contributed by atoms with E-state index in [4.69, 9.17) is 10.5 Å². The molecule has 14 heavy (non-hydrogen) atoms. The van der Waals surface area contributed by atoms with Gasteiger partial charge in [-0.25, -0.2) is 0 Å². The first-order valence-electron chi connectivity index (χ1n) is 3.79. The second-order valence-corrected chi connectivity index (χ2v) is 2.55. The quantitative estimate of drug-likeness (QED) is 0.464. The van der Waals surface area contributed by atoms with Crippen molar-refractivity contribution in [3.05, 3.63) is 28.2 Å². The van der Waals surface area contributed by atoms with Crippen molar-refractivity contribution < 1.29 is 9.90 Å². The molecule has 0 aromatic carbocycles. The molecule has 6 heteroatoms. The number of H-pyrrole nitrogens is 1. The zero-order chi connectivity index (χ0) is 10.7. The van der Waals surface area contributed by atoms with Crippen LogP contribution in [0.1, 0.15) is 5.69 Å². The second kappa shape index (κ2) is 3.73. The molecule has 0 fully saturated rings. The van der Waals surface area contributed by atoms with Gasteiger partial charge in [-0.3, -0.25) is 15.0 Å². The zero-order valence-corrected chi connectivity index (χ0v) is 7.42. The average molecular weight is 195 g/mol. The Morgan fingerprint density at radius 1 is 1.64 bits per heavy atom. The summed E-state index contributed by atoms with van der Waals surface area (Å²) >= 11 is 0. The van der Waals surface area contributed by atoms with Gasteiger partial charge in [0.05, 0.1) is 5.69 Å². The molecule has 1 aromatic heterocycles. The molecule has 1 heterocycles. The van der Waals surface area contributed by atoms with E-state index < -0.39 is 17.1 Å². The molecule has 6 nitrogen and oxygen atoms in total. The van der Waals surface area contributed by atoms with Crippen LogP contribution < -0.4 is 10.7 Å². The second-order valence-electron chi connectivity index (χ2n) is 2.55. The molecule has 0 aliphatic rings. The Bertz CT molecular complexity index is 436. The number of aromatic amines is 1. The third-order valence-electron chi connectivity index (χ3n) is 1.62. The number of aromatic nitrogens is 1. The smallest absolute Gasteiger partial charge is 0.271 e. The van der Waals surface area contributed by atoms with E-state index in [1.165, 1.54) is 7.05 Å². The highest BCUT2D eigenvalue weighted by Gasteiger charge is 2.11. The standard InChI is InChI=1S/C8H9N3O3/c1-10-8(14)7(9)4-2-5(12)6(13)3-11-4/h2-3,9,13H,1H3,(H,10,14)(H,11,12). The summed E-state index contributed by atoms with van der Waals surface area (Å²) in [6, 6.07) is 0.993. The molecule has 4 N–H and O–H groups in total. The number of hydrogen-bond acceptors (Lipinski definition) is 4. The van der Waals surface area contributed by atoms with Crippen LogP contribution in [0.5, 0.6) is 5.75 Å². The summed E-state index contributed by atoms with van der Waals surface area (Å²) < 4.78 is 0. The Morgan fingerprint density at radius 2 is 2.29 bits per heavy atom. The third kappa shape index (κ3) is 1.79. The summed E-state index contributed by atoms with van der Waals surface area (Å²) in [5.41, 5.74) is -0.927. The number of hydrogen-bond donors (Lipinski definition) is 4. The van der Waals surface area contributed by atoms with Crippen LogP contribution in [0, 0.1) is 5.41 Å². The first-order valence-corrected chi connectivity index (χ1v) is 3.79. The molecular weight excluding hydrogens is 186 g/mol. The first-order chi connectivity index (χ1) is 6.56. The van der Waals surface area contributed by atoms with Crippen LogP contribution in [-0.2, 0) is 4.79 Å². The predicted octanol–water partition coefficient (Wildman–Crippen LogP) is -0.806. The van der Waals surface area contributed by atoms with Crippen LogP contribution in [0.15, 0.2) is 17.1 Å². The number of rotatable bonds is 2. The number of amides is 1. The summed E-state index contributed by atoms with van der Waals surface area (Å²) in [6.07, 6.45) is 1.04. The molecule has 0 radical (unpaired) electrons. The number of likely N-dealkylation sites (N-methyl/N-ethyl adjacent to an activating group) is 1. The third-order valence-corrected chi connectivity index (χ3v) is 1.62. The average Bonchev–Trinajstić information content (AvgIpc) is 2.20. The van der Waals surface area contributed by atoms with Gasteiger partial charge in [-0.1, -0.05) is 0 Å². The largest absolute Gasteiger partial charge is 0.503 e. The van der Waals surface area contributed by atoms with E-state index in [9.17, 15) is 9.59 Å². The van der Waals surface area contributed by atoms with E-state index in [2.05, 4.69) is 10.3 Å². The van der Waals surface area contributed by atoms with Crippen LogP contribution in [0.25, 0.3) is 0 Å². The molecule has 0 spiro atoms. The maximum absolute atomic E-state index is 11.0. The fourth-order valence-corrected chi connectivity index (χ4v) is 0.856. The molecule has 1 rings (SSSR count). The maximum atomic E-state index is 11.0. The van der Waals surface area contributed by atoms with Gasteiger partial charge >= 0.3 is 0 Å². The van der Waals surface area contributed by atoms with Crippen molar-refractivity contribution >= 4 is 11.6 Å². The van der Waals surface area contributed by atoms with E-state index >= 15 is 0 Å². The van der Waals surface area contributed by atoms with Gasteiger partial charge in [0.25, 0.3) is 5.91 Å². The normalized spacial score (nSPS) is 9.50. The minimum Gasteiger partial charge on any atom is -0.503 e. The molecule has 0 bridgehead atoms. The zero-order valence-electron chi connectivity index (χ0n) is 7.42. The molecule has 0 unspecified atom stereocenters. The molecule has 0 saturated heterocycles. The minimum atomic E-state index is -0.632. The number of nitrogens with one attached hydrogen (secondary N) is 3. The van der Waals surface area contributed by atoms with Crippen molar-refractivity contribution in [1.29, 1.82) is 5.41 Å². The lowest BCUT2D eigenvalue weighted by Crippen LogP contribution is -2.28. The monoisotopic (exact) mass is 195 g/mol. The Balaban J connectivity index is 3.09. The minimum absolute atomic E-state index is 0.0622. The molecular formula is C8H9N3O3. The van der Waals surface area contributed by atoms with Crippen molar-refractivity contribution in [3.8, 4) is 5.75 Å². The summed E-state index contributed by atoms with van der Waals surface area (Å²) in [5.74, 6) is -1.05. The molecule has 0 aliphatic heterocycles. The molecule has 74 valence electrons. The maximum Gasteiger partial charge on any atom is 0.271 e. The molecule has 0 atom stereocenters. The lowest BCUT2D eigenvalue weighted by Gasteiger charge is -2.01. The summed E-state index contributed by atoms with van der Waals surface area (Å²) in [7, 11) is 1.38. The molecule has 1 amide bonds. The highest BCUT2D eigenvalue weighted by molar-refractivity contribution is 6.43. The number of carbonyl (C=O) groups is 1. The van der Waals surface area contributed by atoms with Gasteiger partial charge in [0, 0.05) is 19.3 Å². The van der Waals surface area contributed by atoms with Gasteiger partial charge in [0.2, 0.25) is 5.43 Å². The van der Waals surface area contributed by atoms with Gasteiger partial charge < -0.3 is 15.4 Å². The Hall–Kier alpha value is -2.11.